The van der Waals surface area contributed by atoms with Crippen molar-refractivity contribution in [2.45, 2.75) is 57.9 Å². The fraction of sp³-hybridized carbons (Fsp3) is 0.450. The summed E-state index contributed by atoms with van der Waals surface area (Å²) in [5.74, 6) is 0. The van der Waals surface area contributed by atoms with Crippen molar-refractivity contribution in [3.63, 3.8) is 0 Å². The monoisotopic (exact) mass is 278 g/mol. The number of fused-ring (bicyclic) bond motifs is 4. The molecule has 2 heterocycles. The summed E-state index contributed by atoms with van der Waals surface area (Å²) in [6.07, 6.45) is 7.64. The second kappa shape index (κ2) is 4.69. The predicted molar refractivity (Wildman–Crippen MR) is 88.1 cm³/mol. The quantitative estimate of drug-likeness (QED) is 0.682. The zero-order valence-corrected chi connectivity index (χ0v) is 13.2. The fourth-order valence-electron chi connectivity index (χ4n) is 4.55. The first-order chi connectivity index (χ1) is 10.3. The second-order valence-electron chi connectivity index (χ2n) is 6.66. The van der Waals surface area contributed by atoms with Crippen molar-refractivity contribution in [1.82, 2.24) is 0 Å². The van der Waals surface area contributed by atoms with Crippen LogP contribution in [0.1, 0.15) is 58.1 Å². The first-order valence-corrected chi connectivity index (χ1v) is 8.44. The zero-order chi connectivity index (χ0) is 14.4. The van der Waals surface area contributed by atoms with Gasteiger partial charge < -0.3 is 0 Å². The maximum absolute atomic E-state index is 2.69. The van der Waals surface area contributed by atoms with Crippen LogP contribution in [-0.2, 0) is 5.54 Å². The third-order valence-corrected chi connectivity index (χ3v) is 5.81. The lowest BCUT2D eigenvalue weighted by atomic mass is 9.79. The van der Waals surface area contributed by atoms with E-state index < -0.39 is 0 Å². The summed E-state index contributed by atoms with van der Waals surface area (Å²) in [7, 11) is 0. The van der Waals surface area contributed by atoms with Crippen molar-refractivity contribution in [3.8, 4) is 0 Å². The number of pyridine rings is 1. The molecule has 1 aromatic heterocycles. The number of nitrogens with zero attached hydrogens (tertiary/aromatic N) is 1. The highest BCUT2D eigenvalue weighted by atomic mass is 15.1. The highest BCUT2D eigenvalue weighted by Gasteiger charge is 2.46. The molecule has 0 bridgehead atoms. The lowest BCUT2D eigenvalue weighted by molar-refractivity contribution is -0.747. The van der Waals surface area contributed by atoms with E-state index in [4.69, 9.17) is 0 Å². The normalized spacial score (nSPS) is 19.7. The van der Waals surface area contributed by atoms with E-state index >= 15 is 0 Å². The van der Waals surface area contributed by atoms with Gasteiger partial charge in [0.25, 0.3) is 0 Å². The smallest absolute Gasteiger partial charge is 0.186 e. The molecule has 2 aliphatic rings. The van der Waals surface area contributed by atoms with Gasteiger partial charge in [0, 0.05) is 42.4 Å². The fourth-order valence-corrected chi connectivity index (χ4v) is 4.55. The Morgan fingerprint density at radius 3 is 2.62 bits per heavy atom. The highest BCUT2D eigenvalue weighted by molar-refractivity contribution is 5.78. The molecule has 21 heavy (non-hydrogen) atoms. The van der Waals surface area contributed by atoms with Crippen LogP contribution in [0.25, 0.3) is 16.5 Å². The van der Waals surface area contributed by atoms with Crippen LogP contribution in [0, 0.1) is 0 Å². The molecular formula is C20H24N+. The van der Waals surface area contributed by atoms with E-state index in [1.54, 1.807) is 11.1 Å². The van der Waals surface area contributed by atoms with Gasteiger partial charge in [-0.2, -0.15) is 4.57 Å². The van der Waals surface area contributed by atoms with Gasteiger partial charge in [-0.25, -0.2) is 0 Å². The Hall–Kier alpha value is -1.63. The van der Waals surface area contributed by atoms with E-state index in [0.717, 1.165) is 0 Å². The van der Waals surface area contributed by atoms with Crippen LogP contribution in [0.5, 0.6) is 0 Å². The lowest BCUT2D eigenvalue weighted by Crippen LogP contribution is -2.60. The van der Waals surface area contributed by atoms with Crippen molar-refractivity contribution in [2.24, 2.45) is 0 Å². The van der Waals surface area contributed by atoms with Crippen molar-refractivity contribution in [3.05, 3.63) is 47.7 Å². The topological polar surface area (TPSA) is 3.88 Å². The van der Waals surface area contributed by atoms with Crippen LogP contribution in [0.15, 0.2) is 42.0 Å². The van der Waals surface area contributed by atoms with E-state index in [0.29, 0.717) is 0 Å². The third kappa shape index (κ3) is 1.73. The van der Waals surface area contributed by atoms with Crippen LogP contribution in [0.3, 0.4) is 0 Å². The van der Waals surface area contributed by atoms with Crippen LogP contribution in [0.2, 0.25) is 0 Å². The number of allylic oxidation sites excluding steroid dienone is 2. The van der Waals surface area contributed by atoms with E-state index in [9.17, 15) is 0 Å². The summed E-state index contributed by atoms with van der Waals surface area (Å²) in [6, 6.07) is 13.6. The number of hydrogen-bond donors (Lipinski definition) is 0. The van der Waals surface area contributed by atoms with Crippen LogP contribution in [-0.4, -0.2) is 0 Å². The summed E-state index contributed by atoms with van der Waals surface area (Å²) in [4.78, 5) is 0. The number of hydrogen-bond acceptors (Lipinski definition) is 0. The minimum Gasteiger partial charge on any atom is -0.186 e. The Bertz CT molecular complexity index is 735. The zero-order valence-electron chi connectivity index (χ0n) is 13.2. The van der Waals surface area contributed by atoms with E-state index in [1.165, 1.54) is 55.1 Å². The highest BCUT2D eigenvalue weighted by Crippen LogP contribution is 2.44. The average Bonchev–Trinajstić information content (AvgIpc) is 3.01. The predicted octanol–water partition coefficient (Wildman–Crippen LogP) is 4.98. The molecule has 0 saturated carbocycles. The maximum Gasteiger partial charge on any atom is 0.213 e. The van der Waals surface area contributed by atoms with Crippen LogP contribution < -0.4 is 4.57 Å². The molecule has 2 aromatic rings. The number of rotatable bonds is 2. The molecule has 0 saturated heterocycles. The molecule has 108 valence electrons. The number of para-hydroxylation sites is 1. The minimum atomic E-state index is 0.277. The van der Waals surface area contributed by atoms with Gasteiger partial charge >= 0.3 is 0 Å². The summed E-state index contributed by atoms with van der Waals surface area (Å²) in [5.41, 5.74) is 6.58. The summed E-state index contributed by atoms with van der Waals surface area (Å²) < 4.78 is 2.69. The molecule has 0 atom stereocenters. The molecule has 4 rings (SSSR count). The van der Waals surface area contributed by atoms with E-state index in [-0.39, 0.29) is 5.54 Å². The van der Waals surface area contributed by atoms with Gasteiger partial charge in [0.2, 0.25) is 11.2 Å². The summed E-state index contributed by atoms with van der Waals surface area (Å²) in [6.45, 7) is 4.73. The van der Waals surface area contributed by atoms with Crippen LogP contribution in [0.4, 0.5) is 0 Å². The number of benzene rings is 1. The molecule has 0 radical (unpaired) electrons. The van der Waals surface area contributed by atoms with Gasteiger partial charge in [-0.1, -0.05) is 31.6 Å². The molecule has 1 heteroatoms. The lowest BCUT2D eigenvalue weighted by Gasteiger charge is -2.33. The second-order valence-corrected chi connectivity index (χ2v) is 6.66. The third-order valence-electron chi connectivity index (χ3n) is 5.81. The van der Waals surface area contributed by atoms with Crippen molar-refractivity contribution in [2.75, 3.05) is 0 Å². The van der Waals surface area contributed by atoms with Gasteiger partial charge in [-0.15, -0.1) is 0 Å². The Morgan fingerprint density at radius 2 is 1.81 bits per heavy atom. The Morgan fingerprint density at radius 1 is 1.00 bits per heavy atom. The standard InChI is InChI=1S/C20H24N/c1-3-20(4-2)14-16-9-7-10-17(16)19-13-12-15-8-5-6-11-18(15)21(19)20/h5-6,8,11-13H,3-4,7,9-10,14H2,1-2H3/q+1. The average molecular weight is 278 g/mol. The SMILES string of the molecule is CCC1(CC)CC2=C(CCC2)c2ccc3ccccc3[n+]21. The molecule has 0 spiro atoms. The molecule has 1 nitrogen and oxygen atoms in total. The Labute approximate surface area is 127 Å². The molecule has 0 fully saturated rings. The Balaban J connectivity index is 2.10. The number of aromatic nitrogens is 1. The van der Waals surface area contributed by atoms with E-state index in [2.05, 4.69) is 54.8 Å². The van der Waals surface area contributed by atoms with Gasteiger partial charge in [-0.05, 0) is 31.4 Å². The van der Waals surface area contributed by atoms with Gasteiger partial charge in [0.15, 0.2) is 5.54 Å². The van der Waals surface area contributed by atoms with Gasteiger partial charge in [-0.3, -0.25) is 0 Å². The van der Waals surface area contributed by atoms with Crippen LogP contribution >= 0.6 is 0 Å². The maximum atomic E-state index is 2.69. The first-order valence-electron chi connectivity index (χ1n) is 8.44. The largest absolute Gasteiger partial charge is 0.213 e. The summed E-state index contributed by atoms with van der Waals surface area (Å²) >= 11 is 0. The molecule has 1 aliphatic heterocycles. The molecule has 0 N–H and O–H groups in total. The molecule has 1 aromatic carbocycles. The van der Waals surface area contributed by atoms with Crippen molar-refractivity contribution in [1.29, 1.82) is 0 Å². The summed E-state index contributed by atoms with van der Waals surface area (Å²) in [5, 5.41) is 1.37. The first kappa shape index (κ1) is 13.1. The molecular weight excluding hydrogens is 254 g/mol. The minimum absolute atomic E-state index is 0.277. The molecule has 0 amide bonds. The molecule has 1 aliphatic carbocycles. The van der Waals surface area contributed by atoms with Crippen molar-refractivity contribution < 1.29 is 4.57 Å². The Kier molecular flexibility index (Phi) is 2.92. The van der Waals surface area contributed by atoms with Gasteiger partial charge in [0.05, 0.1) is 0 Å². The van der Waals surface area contributed by atoms with Gasteiger partial charge in [0.1, 0.15) is 0 Å². The van der Waals surface area contributed by atoms with E-state index in [1.807, 2.05) is 0 Å². The molecule has 0 unspecified atom stereocenters. The van der Waals surface area contributed by atoms with Crippen molar-refractivity contribution >= 4 is 16.5 Å².